The molecule has 9 nitrogen and oxygen atoms in total. The maximum absolute atomic E-state index is 13.8. The van der Waals surface area contributed by atoms with Crippen molar-refractivity contribution in [3.8, 4) is 40.4 Å². The standard InChI is InChI=1S/C24H23FN8O/c1-14-21(31-19(12-30-14)15-6-8-29-20(10-15)24(2,3)13-27)23-33-32-22(34-23)17-5-4-16(25)11-18(17)28-9-7-26/h4-6,8,10-12,28H,7,9,26H2,1-3H3. The van der Waals surface area contributed by atoms with Crippen molar-refractivity contribution in [1.82, 2.24) is 25.1 Å². The monoisotopic (exact) mass is 458 g/mol. The fourth-order valence-electron chi connectivity index (χ4n) is 3.26. The minimum absolute atomic E-state index is 0.183. The quantitative estimate of drug-likeness (QED) is 0.422. The van der Waals surface area contributed by atoms with Gasteiger partial charge in [0.1, 0.15) is 11.5 Å². The SMILES string of the molecule is Cc1ncc(-c2ccnc(C(C)(C)C#N)c2)nc1-c1nnc(-c2ccc(F)cc2NCCN)o1. The number of benzene rings is 1. The highest BCUT2D eigenvalue weighted by Crippen LogP contribution is 2.31. The Kier molecular flexibility index (Phi) is 6.30. The van der Waals surface area contributed by atoms with Crippen LogP contribution in [-0.4, -0.2) is 38.2 Å². The summed E-state index contributed by atoms with van der Waals surface area (Å²) in [6.07, 6.45) is 3.28. The van der Waals surface area contributed by atoms with Crippen molar-refractivity contribution in [2.24, 2.45) is 5.73 Å². The summed E-state index contributed by atoms with van der Waals surface area (Å²) in [5.74, 6) is -0.000561. The minimum Gasteiger partial charge on any atom is -0.414 e. The molecular formula is C24H23FN8O. The molecule has 4 aromatic rings. The van der Waals surface area contributed by atoms with Crippen LogP contribution in [0.3, 0.4) is 0 Å². The summed E-state index contributed by atoms with van der Waals surface area (Å²) in [7, 11) is 0. The molecule has 0 spiro atoms. The molecule has 3 aromatic heterocycles. The van der Waals surface area contributed by atoms with Gasteiger partial charge in [0.05, 0.1) is 40.3 Å². The Hall–Kier alpha value is -4.23. The topological polar surface area (TPSA) is 139 Å². The van der Waals surface area contributed by atoms with Crippen molar-refractivity contribution in [2.75, 3.05) is 18.4 Å². The van der Waals surface area contributed by atoms with Gasteiger partial charge in [-0.3, -0.25) is 9.97 Å². The lowest BCUT2D eigenvalue weighted by molar-refractivity contribution is 0.580. The number of halogens is 1. The van der Waals surface area contributed by atoms with Crippen LogP contribution in [0.4, 0.5) is 10.1 Å². The molecule has 34 heavy (non-hydrogen) atoms. The molecule has 3 N–H and O–H groups in total. The Labute approximate surface area is 195 Å². The molecule has 3 heterocycles. The minimum atomic E-state index is -0.747. The van der Waals surface area contributed by atoms with E-state index in [2.05, 4.69) is 31.6 Å². The van der Waals surface area contributed by atoms with Crippen molar-refractivity contribution in [2.45, 2.75) is 26.2 Å². The number of rotatable bonds is 7. The average molecular weight is 459 g/mol. The first-order valence-corrected chi connectivity index (χ1v) is 10.6. The number of nitrogens with one attached hydrogen (secondary N) is 1. The van der Waals surface area contributed by atoms with E-state index in [9.17, 15) is 9.65 Å². The van der Waals surface area contributed by atoms with Crippen LogP contribution in [0.1, 0.15) is 25.2 Å². The maximum Gasteiger partial charge on any atom is 0.268 e. The van der Waals surface area contributed by atoms with E-state index in [1.165, 1.54) is 12.1 Å². The number of anilines is 1. The normalized spacial score (nSPS) is 11.3. The van der Waals surface area contributed by atoms with Gasteiger partial charge in [-0.1, -0.05) is 0 Å². The van der Waals surface area contributed by atoms with Gasteiger partial charge < -0.3 is 15.5 Å². The third kappa shape index (κ3) is 4.60. The van der Waals surface area contributed by atoms with E-state index in [0.717, 1.165) is 5.56 Å². The molecule has 0 atom stereocenters. The van der Waals surface area contributed by atoms with Crippen LogP contribution in [0.25, 0.3) is 34.3 Å². The maximum atomic E-state index is 13.8. The summed E-state index contributed by atoms with van der Waals surface area (Å²) in [6.45, 7) is 6.24. The predicted molar refractivity (Wildman–Crippen MR) is 125 cm³/mol. The van der Waals surface area contributed by atoms with Crippen molar-refractivity contribution in [3.05, 3.63) is 59.9 Å². The van der Waals surface area contributed by atoms with Crippen LogP contribution in [0.15, 0.2) is 47.1 Å². The number of nitrogens with zero attached hydrogens (tertiary/aromatic N) is 6. The van der Waals surface area contributed by atoms with Crippen molar-refractivity contribution in [1.29, 1.82) is 5.26 Å². The number of aromatic nitrogens is 5. The average Bonchev–Trinajstić information content (AvgIpc) is 3.33. The fourth-order valence-corrected chi connectivity index (χ4v) is 3.26. The summed E-state index contributed by atoms with van der Waals surface area (Å²) in [5.41, 5.74) is 8.85. The number of nitrogens with two attached hydrogens (primary N) is 1. The Morgan fingerprint density at radius 1 is 1.15 bits per heavy atom. The predicted octanol–water partition coefficient (Wildman–Crippen LogP) is 3.87. The van der Waals surface area contributed by atoms with Gasteiger partial charge in [-0.25, -0.2) is 9.37 Å². The molecule has 0 aliphatic carbocycles. The second-order valence-electron chi connectivity index (χ2n) is 8.17. The second-order valence-corrected chi connectivity index (χ2v) is 8.17. The van der Waals surface area contributed by atoms with Crippen molar-refractivity contribution in [3.63, 3.8) is 0 Å². The lowest BCUT2D eigenvalue weighted by atomic mass is 9.90. The zero-order chi connectivity index (χ0) is 24.3. The first kappa shape index (κ1) is 22.9. The van der Waals surface area contributed by atoms with E-state index in [1.807, 2.05) is 6.07 Å². The Balaban J connectivity index is 1.72. The van der Waals surface area contributed by atoms with Crippen LogP contribution >= 0.6 is 0 Å². The van der Waals surface area contributed by atoms with E-state index in [1.54, 1.807) is 45.3 Å². The third-order valence-electron chi connectivity index (χ3n) is 5.23. The highest BCUT2D eigenvalue weighted by atomic mass is 19.1. The van der Waals surface area contributed by atoms with Gasteiger partial charge in [-0.15, -0.1) is 10.2 Å². The number of aryl methyl sites for hydroxylation is 1. The molecule has 0 unspecified atom stereocenters. The van der Waals surface area contributed by atoms with E-state index in [0.29, 0.717) is 47.1 Å². The van der Waals surface area contributed by atoms with Crippen LogP contribution in [-0.2, 0) is 5.41 Å². The number of nitriles is 1. The molecule has 4 rings (SSSR count). The number of pyridine rings is 1. The molecule has 10 heteroatoms. The van der Waals surface area contributed by atoms with Gasteiger partial charge in [0, 0.05) is 30.5 Å². The summed E-state index contributed by atoms with van der Waals surface area (Å²) in [4.78, 5) is 13.5. The van der Waals surface area contributed by atoms with Crippen LogP contribution in [0.5, 0.6) is 0 Å². The molecule has 0 fully saturated rings. The zero-order valence-corrected chi connectivity index (χ0v) is 19.0. The van der Waals surface area contributed by atoms with Crippen LogP contribution < -0.4 is 11.1 Å². The Morgan fingerprint density at radius 3 is 2.71 bits per heavy atom. The van der Waals surface area contributed by atoms with Crippen molar-refractivity contribution >= 4 is 5.69 Å². The first-order valence-electron chi connectivity index (χ1n) is 10.6. The van der Waals surface area contributed by atoms with Gasteiger partial charge in [0.2, 0.25) is 5.89 Å². The molecular weight excluding hydrogens is 435 g/mol. The molecule has 0 saturated heterocycles. The largest absolute Gasteiger partial charge is 0.414 e. The first-order chi connectivity index (χ1) is 16.3. The van der Waals surface area contributed by atoms with E-state index >= 15 is 0 Å². The van der Waals surface area contributed by atoms with Gasteiger partial charge in [-0.2, -0.15) is 5.26 Å². The molecule has 0 aliphatic rings. The highest BCUT2D eigenvalue weighted by Gasteiger charge is 2.23. The van der Waals surface area contributed by atoms with E-state index in [-0.39, 0.29) is 11.8 Å². The lowest BCUT2D eigenvalue weighted by Gasteiger charge is -2.15. The second kappa shape index (κ2) is 9.33. The van der Waals surface area contributed by atoms with Gasteiger partial charge >= 0.3 is 0 Å². The van der Waals surface area contributed by atoms with Gasteiger partial charge in [0.15, 0.2) is 0 Å². The third-order valence-corrected chi connectivity index (χ3v) is 5.23. The molecule has 0 saturated carbocycles. The smallest absolute Gasteiger partial charge is 0.268 e. The molecule has 172 valence electrons. The summed E-state index contributed by atoms with van der Waals surface area (Å²) in [6, 6.07) is 10.1. The van der Waals surface area contributed by atoms with Gasteiger partial charge in [0.25, 0.3) is 5.89 Å². The summed E-state index contributed by atoms with van der Waals surface area (Å²) in [5, 5.41) is 20.8. The summed E-state index contributed by atoms with van der Waals surface area (Å²) < 4.78 is 19.7. The lowest BCUT2D eigenvalue weighted by Crippen LogP contribution is -2.15. The highest BCUT2D eigenvalue weighted by molar-refractivity contribution is 5.73. The van der Waals surface area contributed by atoms with Crippen LogP contribution in [0, 0.1) is 24.1 Å². The van der Waals surface area contributed by atoms with E-state index < -0.39 is 11.2 Å². The summed E-state index contributed by atoms with van der Waals surface area (Å²) >= 11 is 0. The zero-order valence-electron chi connectivity index (χ0n) is 19.0. The van der Waals surface area contributed by atoms with Gasteiger partial charge in [-0.05, 0) is 51.1 Å². The molecule has 1 aromatic carbocycles. The Bertz CT molecular complexity index is 1380. The fraction of sp³-hybridized carbons (Fsp3) is 0.250. The van der Waals surface area contributed by atoms with Crippen molar-refractivity contribution < 1.29 is 8.81 Å². The van der Waals surface area contributed by atoms with E-state index in [4.69, 9.17) is 15.1 Å². The molecule has 0 radical (unpaired) electrons. The Morgan fingerprint density at radius 2 is 1.94 bits per heavy atom. The molecule has 0 bridgehead atoms. The van der Waals surface area contributed by atoms with Crippen LogP contribution in [0.2, 0.25) is 0 Å². The molecule has 0 aliphatic heterocycles. The number of hydrogen-bond donors (Lipinski definition) is 2. The number of hydrogen-bond acceptors (Lipinski definition) is 9. The molecule has 0 amide bonds.